The minimum absolute atomic E-state index is 0.207. The van der Waals surface area contributed by atoms with Crippen LogP contribution in [0.4, 0.5) is 20.2 Å². The Labute approximate surface area is 155 Å². The molecule has 142 valence electrons. The van der Waals surface area contributed by atoms with Gasteiger partial charge in [0.1, 0.15) is 17.6 Å². The van der Waals surface area contributed by atoms with E-state index in [1.54, 1.807) is 6.20 Å². The summed E-state index contributed by atoms with van der Waals surface area (Å²) < 4.78 is 28.5. The molecule has 1 atom stereocenters. The SMILES string of the molecule is CN1CCN(c2cnc3[nH]cc(C(O)c4c(F)ccc(N)c4F)c3c2)CC1. The Balaban J connectivity index is 1.74. The quantitative estimate of drug-likeness (QED) is 0.614. The van der Waals surface area contributed by atoms with Crippen LogP contribution >= 0.6 is 0 Å². The Morgan fingerprint density at radius 3 is 2.70 bits per heavy atom. The van der Waals surface area contributed by atoms with E-state index in [1.165, 1.54) is 6.20 Å². The maximum Gasteiger partial charge on any atom is 0.155 e. The molecule has 4 N–H and O–H groups in total. The number of nitrogen functional groups attached to an aromatic ring is 1. The molecule has 1 aromatic carbocycles. The van der Waals surface area contributed by atoms with Crippen molar-refractivity contribution >= 4 is 22.4 Å². The number of pyridine rings is 1. The number of nitrogens with two attached hydrogens (primary N) is 1. The number of fused-ring (bicyclic) bond motifs is 1. The largest absolute Gasteiger partial charge is 0.396 e. The number of hydrogen-bond acceptors (Lipinski definition) is 5. The van der Waals surface area contributed by atoms with Gasteiger partial charge in [0.15, 0.2) is 5.82 Å². The number of rotatable bonds is 3. The van der Waals surface area contributed by atoms with Crippen LogP contribution in [0.25, 0.3) is 11.0 Å². The third kappa shape index (κ3) is 3.11. The van der Waals surface area contributed by atoms with Crippen molar-refractivity contribution in [2.75, 3.05) is 43.9 Å². The number of anilines is 2. The summed E-state index contributed by atoms with van der Waals surface area (Å²) in [5, 5.41) is 11.3. The van der Waals surface area contributed by atoms with Gasteiger partial charge in [-0.3, -0.25) is 0 Å². The first-order valence-corrected chi connectivity index (χ1v) is 8.77. The number of aliphatic hydroxyl groups is 1. The summed E-state index contributed by atoms with van der Waals surface area (Å²) >= 11 is 0. The summed E-state index contributed by atoms with van der Waals surface area (Å²) in [6.07, 6.45) is 1.80. The van der Waals surface area contributed by atoms with Crippen molar-refractivity contribution in [2.45, 2.75) is 6.10 Å². The average Bonchev–Trinajstić information content (AvgIpc) is 3.09. The number of hydrogen-bond donors (Lipinski definition) is 3. The first kappa shape index (κ1) is 17.7. The van der Waals surface area contributed by atoms with Crippen molar-refractivity contribution in [3.63, 3.8) is 0 Å². The topological polar surface area (TPSA) is 81.4 Å². The number of nitrogens with one attached hydrogen (secondary N) is 1. The summed E-state index contributed by atoms with van der Waals surface area (Å²) in [7, 11) is 2.08. The Hall–Kier alpha value is -2.71. The summed E-state index contributed by atoms with van der Waals surface area (Å²) in [5.74, 6) is -1.79. The molecular weight excluding hydrogens is 352 g/mol. The van der Waals surface area contributed by atoms with E-state index < -0.39 is 23.3 Å². The molecule has 0 radical (unpaired) electrons. The summed E-state index contributed by atoms with van der Waals surface area (Å²) in [6, 6.07) is 4.09. The predicted octanol–water partition coefficient (Wildman–Crippen LogP) is 2.26. The smallest absolute Gasteiger partial charge is 0.155 e. The fraction of sp³-hybridized carbons (Fsp3) is 0.316. The number of aromatic nitrogens is 2. The Bertz CT molecular complexity index is 982. The predicted molar refractivity (Wildman–Crippen MR) is 101 cm³/mol. The maximum atomic E-state index is 14.3. The van der Waals surface area contributed by atoms with E-state index in [2.05, 4.69) is 26.8 Å². The van der Waals surface area contributed by atoms with Gasteiger partial charge in [-0.1, -0.05) is 0 Å². The van der Waals surface area contributed by atoms with Gasteiger partial charge in [-0.2, -0.15) is 0 Å². The molecule has 0 bridgehead atoms. The molecule has 0 aliphatic carbocycles. The number of halogens is 2. The lowest BCUT2D eigenvalue weighted by Gasteiger charge is -2.33. The van der Waals surface area contributed by atoms with E-state index in [1.807, 2.05) is 6.07 Å². The highest BCUT2D eigenvalue weighted by Crippen LogP contribution is 2.34. The first-order chi connectivity index (χ1) is 13.0. The minimum atomic E-state index is -1.49. The minimum Gasteiger partial charge on any atom is -0.396 e. The second-order valence-corrected chi connectivity index (χ2v) is 6.89. The van der Waals surface area contributed by atoms with Gasteiger partial charge < -0.3 is 25.6 Å². The number of nitrogens with zero attached hydrogens (tertiary/aromatic N) is 3. The van der Waals surface area contributed by atoms with E-state index in [0.29, 0.717) is 16.6 Å². The van der Waals surface area contributed by atoms with Crippen LogP contribution in [0.15, 0.2) is 30.6 Å². The standard InChI is InChI=1S/C19H21F2N5O/c1-25-4-6-26(7-5-25)11-8-12-13(10-24-19(12)23-9-11)18(27)16-14(20)2-3-15(22)17(16)21/h2-3,8-10,18,27H,4-7,22H2,1H3,(H,23,24). The number of H-pyrrole nitrogens is 1. The molecule has 8 heteroatoms. The van der Waals surface area contributed by atoms with Crippen LogP contribution in [0, 0.1) is 11.6 Å². The highest BCUT2D eigenvalue weighted by atomic mass is 19.1. The van der Waals surface area contributed by atoms with Crippen LogP contribution in [0.2, 0.25) is 0 Å². The molecule has 1 fully saturated rings. The number of piperazine rings is 1. The first-order valence-electron chi connectivity index (χ1n) is 8.77. The van der Waals surface area contributed by atoms with E-state index in [0.717, 1.165) is 44.0 Å². The molecule has 3 aromatic rings. The Morgan fingerprint density at radius 1 is 1.22 bits per heavy atom. The van der Waals surface area contributed by atoms with E-state index in [4.69, 9.17) is 5.73 Å². The van der Waals surface area contributed by atoms with Crippen LogP contribution in [-0.4, -0.2) is 53.2 Å². The lowest BCUT2D eigenvalue weighted by molar-refractivity contribution is 0.211. The van der Waals surface area contributed by atoms with Crippen LogP contribution in [0.5, 0.6) is 0 Å². The van der Waals surface area contributed by atoms with E-state index in [-0.39, 0.29) is 5.69 Å². The molecule has 0 saturated carbocycles. The molecule has 6 nitrogen and oxygen atoms in total. The molecule has 1 saturated heterocycles. The molecule has 1 aliphatic rings. The third-order valence-electron chi connectivity index (χ3n) is 5.14. The maximum absolute atomic E-state index is 14.3. The van der Waals surface area contributed by atoms with Crippen molar-refractivity contribution in [3.05, 3.63) is 53.4 Å². The second-order valence-electron chi connectivity index (χ2n) is 6.89. The number of aromatic amines is 1. The zero-order chi connectivity index (χ0) is 19.1. The van der Waals surface area contributed by atoms with Crippen molar-refractivity contribution in [3.8, 4) is 0 Å². The Morgan fingerprint density at radius 2 is 1.96 bits per heavy atom. The van der Waals surface area contributed by atoms with Crippen molar-refractivity contribution < 1.29 is 13.9 Å². The number of aliphatic hydroxyl groups excluding tert-OH is 1. The molecular formula is C19H21F2N5O. The Kier molecular flexibility index (Phi) is 4.45. The van der Waals surface area contributed by atoms with Gasteiger partial charge in [0, 0.05) is 43.3 Å². The molecule has 27 heavy (non-hydrogen) atoms. The van der Waals surface area contributed by atoms with Crippen molar-refractivity contribution in [2.24, 2.45) is 0 Å². The summed E-state index contributed by atoms with van der Waals surface area (Å²) in [6.45, 7) is 3.62. The third-order valence-corrected chi connectivity index (χ3v) is 5.14. The second kappa shape index (κ2) is 6.79. The van der Waals surface area contributed by atoms with Gasteiger partial charge in [-0.05, 0) is 25.2 Å². The number of likely N-dealkylation sites (N-methyl/N-ethyl adjacent to an activating group) is 1. The fourth-order valence-corrected chi connectivity index (χ4v) is 3.47. The summed E-state index contributed by atoms with van der Waals surface area (Å²) in [4.78, 5) is 11.8. The van der Waals surface area contributed by atoms with Crippen molar-refractivity contribution in [1.29, 1.82) is 0 Å². The highest BCUT2D eigenvalue weighted by Gasteiger charge is 2.25. The lowest BCUT2D eigenvalue weighted by Crippen LogP contribution is -2.44. The molecule has 0 spiro atoms. The average molecular weight is 373 g/mol. The van der Waals surface area contributed by atoms with Crippen molar-refractivity contribution in [1.82, 2.24) is 14.9 Å². The van der Waals surface area contributed by atoms with E-state index in [9.17, 15) is 13.9 Å². The van der Waals surface area contributed by atoms with Gasteiger partial charge >= 0.3 is 0 Å². The summed E-state index contributed by atoms with van der Waals surface area (Å²) in [5.41, 5.74) is 6.70. The highest BCUT2D eigenvalue weighted by molar-refractivity contribution is 5.84. The molecule has 3 heterocycles. The number of benzene rings is 1. The van der Waals surface area contributed by atoms with Crippen LogP contribution < -0.4 is 10.6 Å². The van der Waals surface area contributed by atoms with Gasteiger partial charge in [0.25, 0.3) is 0 Å². The molecule has 4 rings (SSSR count). The van der Waals surface area contributed by atoms with Gasteiger partial charge in [0.2, 0.25) is 0 Å². The van der Waals surface area contributed by atoms with Gasteiger partial charge in [-0.15, -0.1) is 0 Å². The molecule has 2 aromatic heterocycles. The monoisotopic (exact) mass is 373 g/mol. The zero-order valence-electron chi connectivity index (χ0n) is 14.9. The molecule has 0 amide bonds. The zero-order valence-corrected chi connectivity index (χ0v) is 14.9. The van der Waals surface area contributed by atoms with Crippen LogP contribution in [-0.2, 0) is 0 Å². The molecule has 1 unspecified atom stereocenters. The lowest BCUT2D eigenvalue weighted by atomic mass is 9.99. The normalized spacial score (nSPS) is 16.8. The van der Waals surface area contributed by atoms with E-state index >= 15 is 0 Å². The van der Waals surface area contributed by atoms with Gasteiger partial charge in [-0.25, -0.2) is 13.8 Å². The van der Waals surface area contributed by atoms with Gasteiger partial charge in [0.05, 0.1) is 23.1 Å². The van der Waals surface area contributed by atoms with Crippen LogP contribution in [0.3, 0.4) is 0 Å². The fourth-order valence-electron chi connectivity index (χ4n) is 3.47. The molecule has 1 aliphatic heterocycles. The van der Waals surface area contributed by atoms with Crippen LogP contribution in [0.1, 0.15) is 17.2 Å².